The van der Waals surface area contributed by atoms with E-state index in [2.05, 4.69) is 24.1 Å². The lowest BCUT2D eigenvalue weighted by Gasteiger charge is -2.53. The van der Waals surface area contributed by atoms with Crippen LogP contribution in [0.25, 0.3) is 5.57 Å². The van der Waals surface area contributed by atoms with Crippen LogP contribution in [0.5, 0.6) is 0 Å². The predicted molar refractivity (Wildman–Crippen MR) is 160 cm³/mol. The number of benzene rings is 2. The largest absolute Gasteiger partial charge is 0.363 e. The van der Waals surface area contributed by atoms with Crippen molar-refractivity contribution in [3.05, 3.63) is 70.3 Å². The van der Waals surface area contributed by atoms with Gasteiger partial charge in [0.25, 0.3) is 11.8 Å². The van der Waals surface area contributed by atoms with E-state index < -0.39 is 35.5 Å². The number of imide groups is 2. The molecule has 0 radical (unpaired) electrons. The lowest BCUT2D eigenvalue weighted by Crippen LogP contribution is -2.63. The van der Waals surface area contributed by atoms with Gasteiger partial charge in [0.1, 0.15) is 17.7 Å². The number of carbonyl (C=O) groups excluding carboxylic acids is 4. The van der Waals surface area contributed by atoms with E-state index in [1.807, 2.05) is 17.0 Å². The van der Waals surface area contributed by atoms with Crippen molar-refractivity contribution in [3.63, 3.8) is 0 Å². The Hall–Kier alpha value is -3.92. The fourth-order valence-electron chi connectivity index (χ4n) is 7.81. The van der Waals surface area contributed by atoms with Gasteiger partial charge in [-0.05, 0) is 79.3 Å². The molecule has 8 nitrogen and oxygen atoms in total. The van der Waals surface area contributed by atoms with E-state index >= 15 is 4.39 Å². The highest BCUT2D eigenvalue weighted by Gasteiger charge is 2.46. The number of hydrogen-bond donors (Lipinski definition) is 1. The molecular formula is C34H36F2N4O4. The molecule has 2 aromatic carbocycles. The Bertz CT molecular complexity index is 1620. The molecule has 6 aliphatic rings. The number of anilines is 1. The number of allylic oxidation sites excluding steroid dienone is 1. The topological polar surface area (TPSA) is 90.0 Å². The summed E-state index contributed by atoms with van der Waals surface area (Å²) >= 11 is 0. The van der Waals surface area contributed by atoms with E-state index in [0.29, 0.717) is 12.2 Å². The zero-order valence-electron chi connectivity index (χ0n) is 25.0. The van der Waals surface area contributed by atoms with Crippen molar-refractivity contribution < 1.29 is 28.0 Å². The maximum Gasteiger partial charge on any atom is 0.262 e. The van der Waals surface area contributed by atoms with Gasteiger partial charge in [0.15, 0.2) is 0 Å². The summed E-state index contributed by atoms with van der Waals surface area (Å²) in [5.74, 6) is -3.29. The average Bonchev–Trinajstić information content (AvgIpc) is 3.22. The Labute approximate surface area is 255 Å². The molecule has 0 saturated carbocycles. The van der Waals surface area contributed by atoms with E-state index in [0.717, 1.165) is 61.7 Å². The van der Waals surface area contributed by atoms with Crippen molar-refractivity contribution in [2.75, 3.05) is 24.5 Å². The second kappa shape index (κ2) is 10.6. The Morgan fingerprint density at radius 2 is 1.59 bits per heavy atom. The highest BCUT2D eigenvalue weighted by atomic mass is 19.1. The number of piperidine rings is 3. The number of piperazine rings is 1. The van der Waals surface area contributed by atoms with Crippen LogP contribution in [0.2, 0.25) is 0 Å². The van der Waals surface area contributed by atoms with Gasteiger partial charge < -0.3 is 4.90 Å². The summed E-state index contributed by atoms with van der Waals surface area (Å²) in [6, 6.07) is 8.54. The normalized spacial score (nSPS) is 26.9. The van der Waals surface area contributed by atoms with E-state index in [-0.39, 0.29) is 47.3 Å². The lowest BCUT2D eigenvalue weighted by molar-refractivity contribution is -0.136. The van der Waals surface area contributed by atoms with Crippen LogP contribution >= 0.6 is 0 Å². The van der Waals surface area contributed by atoms with Crippen molar-refractivity contribution in [1.82, 2.24) is 15.1 Å². The summed E-state index contributed by atoms with van der Waals surface area (Å²) in [6.07, 6.45) is 4.96. The molecular weight excluding hydrogens is 566 g/mol. The van der Waals surface area contributed by atoms with Gasteiger partial charge in [0, 0.05) is 38.1 Å². The Morgan fingerprint density at radius 3 is 2.27 bits per heavy atom. The third-order valence-corrected chi connectivity index (χ3v) is 10.2. The van der Waals surface area contributed by atoms with Crippen LogP contribution in [-0.4, -0.2) is 71.2 Å². The smallest absolute Gasteiger partial charge is 0.262 e. The maximum absolute atomic E-state index is 15.7. The van der Waals surface area contributed by atoms with Crippen LogP contribution in [0, 0.1) is 17.0 Å². The molecule has 5 aliphatic heterocycles. The Morgan fingerprint density at radius 1 is 0.886 bits per heavy atom. The van der Waals surface area contributed by atoms with Gasteiger partial charge in [0.2, 0.25) is 11.8 Å². The van der Waals surface area contributed by atoms with Crippen molar-refractivity contribution >= 4 is 34.9 Å². The summed E-state index contributed by atoms with van der Waals surface area (Å²) in [5.41, 5.74) is 4.27. The second-order valence-electron chi connectivity index (χ2n) is 13.7. The number of amides is 4. The van der Waals surface area contributed by atoms with Crippen molar-refractivity contribution in [1.29, 1.82) is 0 Å². The molecule has 3 unspecified atom stereocenters. The van der Waals surface area contributed by atoms with Crippen LogP contribution in [-0.2, 0) is 9.59 Å². The number of carbonyl (C=O) groups is 4. The Kier molecular flexibility index (Phi) is 6.95. The first-order valence-corrected chi connectivity index (χ1v) is 15.5. The minimum atomic E-state index is -1.09. The monoisotopic (exact) mass is 602 g/mol. The number of nitrogens with zero attached hydrogens (tertiary/aromatic N) is 3. The fourth-order valence-corrected chi connectivity index (χ4v) is 7.81. The molecule has 4 fully saturated rings. The molecule has 1 N–H and O–H groups in total. The zero-order valence-corrected chi connectivity index (χ0v) is 25.0. The molecule has 2 aromatic rings. The lowest BCUT2D eigenvalue weighted by atomic mass is 9.72. The first-order valence-electron chi connectivity index (χ1n) is 15.5. The SMILES string of the molecule is CC1(C)CCC(CN2CC3CCC2CN3c2cc3c(cc2F)C(=O)N(C2CCC(=O)NC2=O)C3=O)=C(c2ccc(F)cc2)C1. The zero-order chi connectivity index (χ0) is 30.9. The summed E-state index contributed by atoms with van der Waals surface area (Å²) < 4.78 is 29.4. The first kappa shape index (κ1) is 28.8. The van der Waals surface area contributed by atoms with Crippen LogP contribution in [0.4, 0.5) is 14.5 Å². The van der Waals surface area contributed by atoms with Crippen LogP contribution in [0.1, 0.15) is 85.1 Å². The third kappa shape index (κ3) is 4.93. The number of halogens is 2. The van der Waals surface area contributed by atoms with Crippen LogP contribution < -0.4 is 10.2 Å². The average molecular weight is 603 g/mol. The summed E-state index contributed by atoms with van der Waals surface area (Å²) in [4.78, 5) is 56.0. The summed E-state index contributed by atoms with van der Waals surface area (Å²) in [7, 11) is 0. The maximum atomic E-state index is 15.7. The summed E-state index contributed by atoms with van der Waals surface area (Å²) in [6.45, 7) is 6.73. The van der Waals surface area contributed by atoms with E-state index in [9.17, 15) is 23.6 Å². The number of fused-ring (bicyclic) bond motifs is 4. The van der Waals surface area contributed by atoms with Crippen molar-refractivity contribution in [2.45, 2.75) is 76.9 Å². The number of hydrogen-bond acceptors (Lipinski definition) is 6. The van der Waals surface area contributed by atoms with Gasteiger partial charge in [0.05, 0.1) is 16.8 Å². The standard InChI is InChI=1S/C34H36F2N4O4/c1-34(2)12-11-20(26(15-34)19-3-5-21(35)6-4-19)16-38-17-23-8-7-22(38)18-39(23)29-14-25-24(13-27(29)36)32(43)40(33(25)44)28-9-10-30(41)37-31(28)42/h3-6,13-14,22-23,28H,7-12,15-18H2,1-2H3,(H,37,41,42). The Balaban J connectivity index is 1.12. The quantitative estimate of drug-likeness (QED) is 0.500. The molecule has 0 aromatic heterocycles. The first-order chi connectivity index (χ1) is 21.0. The molecule has 8 rings (SSSR count). The van der Waals surface area contributed by atoms with Gasteiger partial charge in [-0.3, -0.25) is 34.3 Å². The van der Waals surface area contributed by atoms with Crippen molar-refractivity contribution in [2.24, 2.45) is 5.41 Å². The predicted octanol–water partition coefficient (Wildman–Crippen LogP) is 4.68. The highest BCUT2D eigenvalue weighted by molar-refractivity contribution is 6.23. The molecule has 4 saturated heterocycles. The summed E-state index contributed by atoms with van der Waals surface area (Å²) in [5, 5.41) is 2.19. The second-order valence-corrected chi connectivity index (χ2v) is 13.7. The van der Waals surface area contributed by atoms with E-state index in [4.69, 9.17) is 0 Å². The molecule has 2 bridgehead atoms. The molecule has 44 heavy (non-hydrogen) atoms. The van der Waals surface area contributed by atoms with E-state index in [1.165, 1.54) is 29.3 Å². The third-order valence-electron chi connectivity index (χ3n) is 10.2. The molecule has 4 amide bonds. The molecule has 5 heterocycles. The van der Waals surface area contributed by atoms with Crippen molar-refractivity contribution in [3.8, 4) is 0 Å². The fraction of sp³-hybridized carbons (Fsp3) is 0.471. The van der Waals surface area contributed by atoms with Crippen LogP contribution in [0.15, 0.2) is 42.0 Å². The molecule has 230 valence electrons. The molecule has 3 atom stereocenters. The van der Waals surface area contributed by atoms with Gasteiger partial charge >= 0.3 is 0 Å². The highest BCUT2D eigenvalue weighted by Crippen LogP contribution is 2.44. The van der Waals surface area contributed by atoms with Gasteiger partial charge in [-0.15, -0.1) is 0 Å². The number of rotatable bonds is 5. The van der Waals surface area contributed by atoms with Gasteiger partial charge in [-0.1, -0.05) is 31.6 Å². The minimum Gasteiger partial charge on any atom is -0.363 e. The molecule has 1 aliphatic carbocycles. The minimum absolute atomic E-state index is 0.0246. The molecule has 10 heteroatoms. The van der Waals surface area contributed by atoms with Gasteiger partial charge in [-0.2, -0.15) is 0 Å². The number of nitrogens with one attached hydrogen (secondary N) is 1. The van der Waals surface area contributed by atoms with Gasteiger partial charge in [-0.25, -0.2) is 8.78 Å². The van der Waals surface area contributed by atoms with E-state index in [1.54, 1.807) is 0 Å². The molecule has 0 spiro atoms. The van der Waals surface area contributed by atoms with Crippen LogP contribution in [0.3, 0.4) is 0 Å².